The standard InChI is InChI=1S/C20H34ClNO3/c1-2-3-6-10-17(23)11-9-15-22-16-14-18(21)19(22)12-7-4-5-8-13-20(24)25/h4,7,9,11,17-19,23H,2-3,5-6,8,10,12-16H2,1H3,(H,24,25)/t17?,18-,19?/m1/s1. The maximum absolute atomic E-state index is 10.5. The number of nitrogens with zero attached hydrogens (tertiary/aromatic N) is 1. The van der Waals surface area contributed by atoms with Gasteiger partial charge in [0.15, 0.2) is 0 Å². The highest BCUT2D eigenvalue weighted by atomic mass is 35.5. The van der Waals surface area contributed by atoms with Gasteiger partial charge in [0.05, 0.1) is 11.5 Å². The minimum absolute atomic E-state index is 0.159. The summed E-state index contributed by atoms with van der Waals surface area (Å²) in [5, 5.41) is 18.7. The molecule has 1 saturated heterocycles. The highest BCUT2D eigenvalue weighted by molar-refractivity contribution is 6.21. The molecule has 144 valence electrons. The molecule has 0 spiro atoms. The van der Waals surface area contributed by atoms with E-state index in [-0.39, 0.29) is 17.9 Å². The molecule has 1 heterocycles. The molecular formula is C20H34ClNO3. The fourth-order valence-electron chi connectivity index (χ4n) is 3.18. The van der Waals surface area contributed by atoms with Gasteiger partial charge < -0.3 is 10.2 Å². The molecule has 25 heavy (non-hydrogen) atoms. The van der Waals surface area contributed by atoms with Crippen LogP contribution < -0.4 is 0 Å². The third-order valence-corrected chi connectivity index (χ3v) is 5.19. The van der Waals surface area contributed by atoms with Crippen LogP contribution in [0.4, 0.5) is 0 Å². The van der Waals surface area contributed by atoms with Crippen molar-refractivity contribution in [1.82, 2.24) is 4.90 Å². The summed E-state index contributed by atoms with van der Waals surface area (Å²) in [6, 6.07) is 0.319. The van der Waals surface area contributed by atoms with Gasteiger partial charge in [0.25, 0.3) is 0 Å². The number of carbonyl (C=O) groups is 1. The second-order valence-electron chi connectivity index (χ2n) is 6.85. The van der Waals surface area contributed by atoms with Gasteiger partial charge in [-0.2, -0.15) is 0 Å². The van der Waals surface area contributed by atoms with Crippen LogP contribution in [0.2, 0.25) is 0 Å². The maximum atomic E-state index is 10.5. The molecule has 1 aliphatic heterocycles. The van der Waals surface area contributed by atoms with E-state index >= 15 is 0 Å². The molecule has 2 N–H and O–H groups in total. The monoisotopic (exact) mass is 371 g/mol. The van der Waals surface area contributed by atoms with Gasteiger partial charge in [0.1, 0.15) is 0 Å². The summed E-state index contributed by atoms with van der Waals surface area (Å²) < 4.78 is 0. The van der Waals surface area contributed by atoms with Gasteiger partial charge in [-0.15, -0.1) is 11.6 Å². The van der Waals surface area contributed by atoms with Gasteiger partial charge in [0, 0.05) is 25.6 Å². The lowest BCUT2D eigenvalue weighted by Gasteiger charge is -2.23. The average Bonchev–Trinajstić information content (AvgIpc) is 2.91. The van der Waals surface area contributed by atoms with Crippen molar-refractivity contribution in [2.45, 2.75) is 82.2 Å². The van der Waals surface area contributed by atoms with Crippen LogP contribution in [0.15, 0.2) is 24.3 Å². The number of rotatable bonds is 13. The van der Waals surface area contributed by atoms with E-state index < -0.39 is 5.97 Å². The van der Waals surface area contributed by atoms with Crippen LogP contribution in [-0.2, 0) is 4.79 Å². The fraction of sp³-hybridized carbons (Fsp3) is 0.750. The zero-order valence-electron chi connectivity index (χ0n) is 15.4. The molecule has 3 atom stereocenters. The van der Waals surface area contributed by atoms with Crippen LogP contribution in [-0.4, -0.2) is 51.7 Å². The number of likely N-dealkylation sites (tertiary alicyclic amines) is 1. The van der Waals surface area contributed by atoms with Crippen molar-refractivity contribution in [2.75, 3.05) is 13.1 Å². The molecule has 0 aliphatic carbocycles. The average molecular weight is 372 g/mol. The molecule has 1 rings (SSSR count). The molecule has 0 aromatic heterocycles. The van der Waals surface area contributed by atoms with Gasteiger partial charge >= 0.3 is 5.97 Å². The first-order valence-corrected chi connectivity index (χ1v) is 10.1. The Morgan fingerprint density at radius 3 is 2.80 bits per heavy atom. The largest absolute Gasteiger partial charge is 0.481 e. The van der Waals surface area contributed by atoms with Gasteiger partial charge in [-0.3, -0.25) is 9.69 Å². The lowest BCUT2D eigenvalue weighted by Crippen LogP contribution is -2.33. The Bertz CT molecular complexity index is 425. The zero-order valence-corrected chi connectivity index (χ0v) is 16.2. The van der Waals surface area contributed by atoms with Crippen molar-refractivity contribution in [3.8, 4) is 0 Å². The molecular weight excluding hydrogens is 338 g/mol. The number of alkyl halides is 1. The second-order valence-corrected chi connectivity index (χ2v) is 7.41. The smallest absolute Gasteiger partial charge is 0.303 e. The first-order chi connectivity index (χ1) is 12.0. The Morgan fingerprint density at radius 1 is 1.28 bits per heavy atom. The van der Waals surface area contributed by atoms with Crippen molar-refractivity contribution in [3.63, 3.8) is 0 Å². The van der Waals surface area contributed by atoms with Crippen LogP contribution in [0.3, 0.4) is 0 Å². The highest BCUT2D eigenvalue weighted by Gasteiger charge is 2.30. The number of carboxylic acid groups (broad SMARTS) is 1. The van der Waals surface area contributed by atoms with Crippen LogP contribution in [0.5, 0.6) is 0 Å². The highest BCUT2D eigenvalue weighted by Crippen LogP contribution is 2.25. The topological polar surface area (TPSA) is 60.8 Å². The first-order valence-electron chi connectivity index (χ1n) is 9.64. The van der Waals surface area contributed by atoms with Gasteiger partial charge in [-0.05, 0) is 32.1 Å². The maximum Gasteiger partial charge on any atom is 0.303 e. The number of halogens is 1. The van der Waals surface area contributed by atoms with E-state index in [1.165, 1.54) is 12.8 Å². The molecule has 1 aliphatic rings. The summed E-state index contributed by atoms with van der Waals surface area (Å²) in [5.74, 6) is -0.736. The van der Waals surface area contributed by atoms with Crippen LogP contribution >= 0.6 is 11.6 Å². The number of allylic oxidation sites excluding steroid dienone is 1. The van der Waals surface area contributed by atoms with Gasteiger partial charge in [-0.25, -0.2) is 0 Å². The van der Waals surface area contributed by atoms with E-state index in [0.29, 0.717) is 12.5 Å². The molecule has 4 nitrogen and oxygen atoms in total. The Morgan fingerprint density at radius 2 is 2.08 bits per heavy atom. The second kappa shape index (κ2) is 13.4. The normalized spacial score (nSPS) is 23.0. The molecule has 0 aromatic carbocycles. The summed E-state index contributed by atoms with van der Waals surface area (Å²) >= 11 is 6.45. The molecule has 0 bridgehead atoms. The van der Waals surface area contributed by atoms with Gasteiger partial charge in [-0.1, -0.05) is 50.5 Å². The minimum Gasteiger partial charge on any atom is -0.481 e. The summed E-state index contributed by atoms with van der Waals surface area (Å²) in [4.78, 5) is 12.8. The van der Waals surface area contributed by atoms with E-state index in [9.17, 15) is 9.90 Å². The number of aliphatic carboxylic acids is 1. The van der Waals surface area contributed by atoms with E-state index in [1.54, 1.807) is 0 Å². The fourth-order valence-corrected chi connectivity index (χ4v) is 3.54. The van der Waals surface area contributed by atoms with Crippen LogP contribution in [0.1, 0.15) is 64.7 Å². The zero-order chi connectivity index (χ0) is 18.5. The van der Waals surface area contributed by atoms with Crippen molar-refractivity contribution in [2.24, 2.45) is 0 Å². The Balaban J connectivity index is 2.30. The third kappa shape index (κ3) is 10.0. The summed E-state index contributed by atoms with van der Waals surface area (Å²) in [5.41, 5.74) is 0. The minimum atomic E-state index is -0.736. The van der Waals surface area contributed by atoms with Crippen molar-refractivity contribution in [1.29, 1.82) is 0 Å². The quantitative estimate of drug-likeness (QED) is 0.287. The molecule has 0 aromatic rings. The van der Waals surface area contributed by atoms with Gasteiger partial charge in [0.2, 0.25) is 0 Å². The number of aliphatic hydroxyl groups is 1. The van der Waals surface area contributed by atoms with Crippen LogP contribution in [0, 0.1) is 0 Å². The molecule has 5 heteroatoms. The van der Waals surface area contributed by atoms with E-state index in [1.807, 2.05) is 6.08 Å². The lowest BCUT2D eigenvalue weighted by molar-refractivity contribution is -0.137. The van der Waals surface area contributed by atoms with E-state index in [2.05, 4.69) is 30.1 Å². The van der Waals surface area contributed by atoms with Crippen LogP contribution in [0.25, 0.3) is 0 Å². The SMILES string of the molecule is CCCCCC(O)C=CCN1CC[C@@H](Cl)C1CC=CCCCC(=O)O. The predicted molar refractivity (Wildman–Crippen MR) is 104 cm³/mol. The first kappa shape index (κ1) is 22.2. The molecule has 0 amide bonds. The predicted octanol–water partition coefficient (Wildman–Crippen LogP) is 4.37. The molecule has 2 unspecified atom stereocenters. The van der Waals surface area contributed by atoms with E-state index in [0.717, 1.165) is 45.2 Å². The van der Waals surface area contributed by atoms with Crippen molar-refractivity contribution in [3.05, 3.63) is 24.3 Å². The Kier molecular flexibility index (Phi) is 11.9. The number of carboxylic acids is 1. The Labute approximate surface area is 157 Å². The molecule has 0 radical (unpaired) electrons. The lowest BCUT2D eigenvalue weighted by atomic mass is 10.1. The Hall–Kier alpha value is -0.840. The molecule has 1 fully saturated rings. The summed E-state index contributed by atoms with van der Waals surface area (Å²) in [7, 11) is 0. The number of aliphatic hydroxyl groups excluding tert-OH is 1. The van der Waals surface area contributed by atoms with Crippen molar-refractivity contribution >= 4 is 17.6 Å². The third-order valence-electron chi connectivity index (χ3n) is 4.69. The van der Waals surface area contributed by atoms with E-state index in [4.69, 9.17) is 16.7 Å². The number of unbranched alkanes of at least 4 members (excludes halogenated alkanes) is 3. The summed E-state index contributed by atoms with van der Waals surface area (Å²) in [6.45, 7) is 3.98. The molecule has 0 saturated carbocycles. The number of hydrogen-bond donors (Lipinski definition) is 2. The summed E-state index contributed by atoms with van der Waals surface area (Å²) in [6.07, 6.45) is 15.7. The van der Waals surface area contributed by atoms with Crippen molar-refractivity contribution < 1.29 is 15.0 Å². The number of hydrogen-bond acceptors (Lipinski definition) is 3.